The third-order valence-electron chi connectivity index (χ3n) is 3.76. The van der Waals surface area contributed by atoms with Crippen LogP contribution in [0.3, 0.4) is 0 Å². The molecule has 6 heteroatoms. The number of hydrogen-bond donors (Lipinski definition) is 1. The molecule has 1 N–H and O–H groups in total. The lowest BCUT2D eigenvalue weighted by atomic mass is 10.3. The van der Waals surface area contributed by atoms with Crippen LogP contribution in [0, 0.1) is 13.8 Å². The molecule has 2 aromatic heterocycles. The molecule has 6 nitrogen and oxygen atoms in total. The van der Waals surface area contributed by atoms with Crippen LogP contribution in [0.25, 0.3) is 5.78 Å². The predicted octanol–water partition coefficient (Wildman–Crippen LogP) is 0.766. The molecule has 0 saturated carbocycles. The van der Waals surface area contributed by atoms with Crippen molar-refractivity contribution >= 4 is 5.78 Å². The highest BCUT2D eigenvalue weighted by molar-refractivity contribution is 5.34. The van der Waals surface area contributed by atoms with Gasteiger partial charge in [0.1, 0.15) is 0 Å². The molecule has 1 saturated heterocycles. The number of nitrogens with zero attached hydrogens (tertiary/aromatic N) is 4. The number of imidazole rings is 1. The van der Waals surface area contributed by atoms with E-state index < -0.39 is 0 Å². The minimum Gasteiger partial charge on any atom is -0.374 e. The Hall–Kier alpha value is -1.50. The molecule has 1 unspecified atom stereocenters. The van der Waals surface area contributed by atoms with Crippen LogP contribution in [-0.4, -0.2) is 58.7 Å². The molecule has 0 spiro atoms. The Morgan fingerprint density at radius 1 is 1.43 bits per heavy atom. The third-order valence-corrected chi connectivity index (χ3v) is 3.76. The van der Waals surface area contributed by atoms with Crippen molar-refractivity contribution in [3.63, 3.8) is 0 Å². The van der Waals surface area contributed by atoms with Gasteiger partial charge in [-0.15, -0.1) is 0 Å². The lowest BCUT2D eigenvalue weighted by molar-refractivity contribution is 0.00870. The Labute approximate surface area is 125 Å². The molecular formula is C15H23N5O. The van der Waals surface area contributed by atoms with Gasteiger partial charge in [-0.1, -0.05) is 0 Å². The van der Waals surface area contributed by atoms with Crippen molar-refractivity contribution in [2.24, 2.45) is 0 Å². The SMILES string of the molecule is Cc1cc(C)n2cc(CN(C)CC3CNCCO3)nc2n1. The molecule has 3 heterocycles. The highest BCUT2D eigenvalue weighted by atomic mass is 16.5. The Bertz CT molecular complexity index is 618. The standard InChI is InChI=1S/C15H23N5O/c1-11-6-12(2)20-9-13(18-15(20)17-11)8-19(3)10-14-7-16-4-5-21-14/h6,9,14,16H,4-5,7-8,10H2,1-3H3. The van der Waals surface area contributed by atoms with Crippen molar-refractivity contribution in [3.8, 4) is 0 Å². The monoisotopic (exact) mass is 289 g/mol. The molecule has 21 heavy (non-hydrogen) atoms. The van der Waals surface area contributed by atoms with Gasteiger partial charge in [-0.05, 0) is 27.0 Å². The van der Waals surface area contributed by atoms with Gasteiger partial charge in [0.05, 0.1) is 18.4 Å². The minimum absolute atomic E-state index is 0.267. The third kappa shape index (κ3) is 3.40. The number of rotatable bonds is 4. The van der Waals surface area contributed by atoms with E-state index in [2.05, 4.69) is 50.8 Å². The Kier molecular flexibility index (Phi) is 4.19. The van der Waals surface area contributed by atoms with Crippen LogP contribution in [-0.2, 0) is 11.3 Å². The normalized spacial score (nSPS) is 19.5. The molecule has 1 atom stereocenters. The fourth-order valence-corrected chi connectivity index (χ4v) is 2.82. The van der Waals surface area contributed by atoms with Gasteiger partial charge in [-0.3, -0.25) is 9.30 Å². The first-order chi connectivity index (χ1) is 10.1. The number of nitrogens with one attached hydrogen (secondary N) is 1. The zero-order chi connectivity index (χ0) is 14.8. The van der Waals surface area contributed by atoms with Crippen LogP contribution >= 0.6 is 0 Å². The molecule has 114 valence electrons. The van der Waals surface area contributed by atoms with Crippen molar-refractivity contribution in [2.75, 3.05) is 33.3 Å². The van der Waals surface area contributed by atoms with Gasteiger partial charge in [0.2, 0.25) is 5.78 Å². The van der Waals surface area contributed by atoms with Crippen LogP contribution in [0.15, 0.2) is 12.3 Å². The molecule has 3 rings (SSSR count). The van der Waals surface area contributed by atoms with Crippen molar-refractivity contribution in [1.29, 1.82) is 0 Å². The smallest absolute Gasteiger partial charge is 0.234 e. The second kappa shape index (κ2) is 6.09. The van der Waals surface area contributed by atoms with Gasteiger partial charge in [-0.2, -0.15) is 0 Å². The van der Waals surface area contributed by atoms with E-state index in [4.69, 9.17) is 4.74 Å². The van der Waals surface area contributed by atoms with Gasteiger partial charge in [0, 0.05) is 43.8 Å². The van der Waals surface area contributed by atoms with Crippen LogP contribution < -0.4 is 5.32 Å². The molecular weight excluding hydrogens is 266 g/mol. The van der Waals surface area contributed by atoms with Gasteiger partial charge >= 0.3 is 0 Å². The Morgan fingerprint density at radius 2 is 2.29 bits per heavy atom. The molecule has 1 aliphatic rings. The summed E-state index contributed by atoms with van der Waals surface area (Å²) in [6.07, 6.45) is 2.34. The van der Waals surface area contributed by atoms with Crippen molar-refractivity contribution in [2.45, 2.75) is 26.5 Å². The summed E-state index contributed by atoms with van der Waals surface area (Å²) >= 11 is 0. The van der Waals surface area contributed by atoms with E-state index in [-0.39, 0.29) is 6.10 Å². The average molecular weight is 289 g/mol. The maximum absolute atomic E-state index is 5.74. The lowest BCUT2D eigenvalue weighted by Crippen LogP contribution is -2.44. The van der Waals surface area contributed by atoms with Crippen LogP contribution in [0.1, 0.15) is 17.1 Å². The summed E-state index contributed by atoms with van der Waals surface area (Å²) in [7, 11) is 2.10. The van der Waals surface area contributed by atoms with Gasteiger partial charge in [0.25, 0.3) is 0 Å². The molecule has 0 aliphatic carbocycles. The molecule has 0 radical (unpaired) electrons. The van der Waals surface area contributed by atoms with Crippen molar-refractivity contribution in [3.05, 3.63) is 29.3 Å². The summed E-state index contributed by atoms with van der Waals surface area (Å²) in [5.74, 6) is 0.784. The summed E-state index contributed by atoms with van der Waals surface area (Å²) in [5, 5.41) is 3.36. The molecule has 1 fully saturated rings. The number of likely N-dealkylation sites (N-methyl/N-ethyl adjacent to an activating group) is 1. The number of ether oxygens (including phenoxy) is 1. The number of aromatic nitrogens is 3. The van der Waals surface area contributed by atoms with E-state index in [1.165, 1.54) is 5.69 Å². The fourth-order valence-electron chi connectivity index (χ4n) is 2.82. The van der Waals surface area contributed by atoms with Crippen molar-refractivity contribution in [1.82, 2.24) is 24.6 Å². The highest BCUT2D eigenvalue weighted by Gasteiger charge is 2.16. The summed E-state index contributed by atoms with van der Waals surface area (Å²) in [5.41, 5.74) is 3.22. The maximum atomic E-state index is 5.74. The van der Waals surface area contributed by atoms with Crippen LogP contribution in [0.5, 0.6) is 0 Å². The largest absolute Gasteiger partial charge is 0.374 e. The summed E-state index contributed by atoms with van der Waals surface area (Å²) in [4.78, 5) is 11.4. The van der Waals surface area contributed by atoms with Gasteiger partial charge < -0.3 is 10.1 Å². The maximum Gasteiger partial charge on any atom is 0.234 e. The van der Waals surface area contributed by atoms with Gasteiger partial charge in [-0.25, -0.2) is 9.97 Å². The number of fused-ring (bicyclic) bond motifs is 1. The quantitative estimate of drug-likeness (QED) is 0.901. The zero-order valence-electron chi connectivity index (χ0n) is 13.0. The zero-order valence-corrected chi connectivity index (χ0v) is 13.0. The van der Waals surface area contributed by atoms with E-state index in [1.54, 1.807) is 0 Å². The van der Waals surface area contributed by atoms with E-state index in [9.17, 15) is 0 Å². The molecule has 2 aromatic rings. The summed E-state index contributed by atoms with van der Waals surface area (Å²) in [6.45, 7) is 8.48. The highest BCUT2D eigenvalue weighted by Crippen LogP contribution is 2.10. The van der Waals surface area contributed by atoms with E-state index >= 15 is 0 Å². The van der Waals surface area contributed by atoms with E-state index in [0.29, 0.717) is 0 Å². The van der Waals surface area contributed by atoms with E-state index in [1.807, 2.05) is 6.92 Å². The first-order valence-corrected chi connectivity index (χ1v) is 7.45. The predicted molar refractivity (Wildman–Crippen MR) is 81.4 cm³/mol. The fraction of sp³-hybridized carbons (Fsp3) is 0.600. The number of hydrogen-bond acceptors (Lipinski definition) is 5. The van der Waals surface area contributed by atoms with Gasteiger partial charge in [0.15, 0.2) is 0 Å². The first kappa shape index (κ1) is 14.4. The summed E-state index contributed by atoms with van der Waals surface area (Å²) < 4.78 is 7.79. The molecule has 1 aliphatic heterocycles. The van der Waals surface area contributed by atoms with Crippen LogP contribution in [0.2, 0.25) is 0 Å². The van der Waals surface area contributed by atoms with Crippen LogP contribution in [0.4, 0.5) is 0 Å². The Morgan fingerprint density at radius 3 is 3.05 bits per heavy atom. The molecule has 0 aromatic carbocycles. The number of aryl methyl sites for hydroxylation is 2. The topological polar surface area (TPSA) is 54.7 Å². The Balaban J connectivity index is 1.68. The molecule has 0 amide bonds. The van der Waals surface area contributed by atoms with E-state index in [0.717, 1.165) is 50.0 Å². The number of morpholine rings is 1. The second-order valence-corrected chi connectivity index (χ2v) is 5.83. The lowest BCUT2D eigenvalue weighted by Gasteiger charge is -2.27. The second-order valence-electron chi connectivity index (χ2n) is 5.83. The van der Waals surface area contributed by atoms with Crippen molar-refractivity contribution < 1.29 is 4.74 Å². The first-order valence-electron chi connectivity index (χ1n) is 7.45. The summed E-state index contributed by atoms with van der Waals surface area (Å²) in [6, 6.07) is 2.07. The minimum atomic E-state index is 0.267. The average Bonchev–Trinajstić information content (AvgIpc) is 2.82. The molecule has 0 bridgehead atoms.